The number of benzene rings is 2. The van der Waals surface area contributed by atoms with Crippen LogP contribution in [-0.4, -0.2) is 41.7 Å². The molecule has 2 aromatic carbocycles. The summed E-state index contributed by atoms with van der Waals surface area (Å²) in [6.07, 6.45) is 1.39. The number of oxazole rings is 1. The molecule has 1 aliphatic rings. The van der Waals surface area contributed by atoms with Gasteiger partial charge < -0.3 is 24.5 Å². The quantitative estimate of drug-likeness (QED) is 0.660. The van der Waals surface area contributed by atoms with Gasteiger partial charge in [-0.1, -0.05) is 18.2 Å². The third-order valence-electron chi connectivity index (χ3n) is 4.88. The standard InChI is InChI=1S/C21H21N3O5/c25-19(26)13-28-16-5-3-4-15(12-16)22-20(27)14-8-10-24(11-9-14)21-23-17-6-1-2-7-18(17)29-21/h1-7,12,14H,8-11,13H2,(H,22,27)(H,25,26). The van der Waals surface area contributed by atoms with E-state index in [1.807, 2.05) is 24.3 Å². The average Bonchev–Trinajstić information content (AvgIpc) is 3.17. The van der Waals surface area contributed by atoms with Crippen molar-refractivity contribution in [2.75, 3.05) is 29.9 Å². The molecule has 0 radical (unpaired) electrons. The van der Waals surface area contributed by atoms with E-state index < -0.39 is 12.6 Å². The van der Waals surface area contributed by atoms with Crippen molar-refractivity contribution in [3.05, 3.63) is 48.5 Å². The van der Waals surface area contributed by atoms with E-state index in [1.54, 1.807) is 24.3 Å². The molecule has 3 aromatic rings. The number of nitrogens with one attached hydrogen (secondary N) is 1. The van der Waals surface area contributed by atoms with E-state index in [9.17, 15) is 9.59 Å². The molecule has 1 fully saturated rings. The fourth-order valence-electron chi connectivity index (χ4n) is 3.38. The molecule has 1 aliphatic heterocycles. The highest BCUT2D eigenvalue weighted by molar-refractivity contribution is 5.93. The van der Waals surface area contributed by atoms with Gasteiger partial charge >= 0.3 is 5.97 Å². The number of carboxylic acid groups (broad SMARTS) is 1. The van der Waals surface area contributed by atoms with E-state index in [2.05, 4.69) is 15.2 Å². The zero-order valence-corrected chi connectivity index (χ0v) is 15.7. The van der Waals surface area contributed by atoms with Gasteiger partial charge in [0.2, 0.25) is 5.91 Å². The third-order valence-corrected chi connectivity index (χ3v) is 4.88. The second-order valence-electron chi connectivity index (χ2n) is 6.92. The number of rotatable bonds is 6. The number of anilines is 2. The van der Waals surface area contributed by atoms with Crippen LogP contribution in [0.5, 0.6) is 5.75 Å². The van der Waals surface area contributed by atoms with Gasteiger partial charge in [-0.2, -0.15) is 4.98 Å². The molecule has 0 bridgehead atoms. The number of hydrogen-bond donors (Lipinski definition) is 2. The van der Waals surface area contributed by atoms with Gasteiger partial charge in [-0.05, 0) is 37.1 Å². The Labute approximate surface area is 167 Å². The van der Waals surface area contributed by atoms with E-state index in [1.165, 1.54) is 0 Å². The Bertz CT molecular complexity index is 991. The zero-order chi connectivity index (χ0) is 20.2. The van der Waals surface area contributed by atoms with Crippen LogP contribution in [0.15, 0.2) is 52.9 Å². The van der Waals surface area contributed by atoms with Crippen molar-refractivity contribution in [1.82, 2.24) is 4.98 Å². The number of aliphatic carboxylic acids is 1. The summed E-state index contributed by atoms with van der Waals surface area (Å²) in [6, 6.07) is 15.0. The molecule has 29 heavy (non-hydrogen) atoms. The van der Waals surface area contributed by atoms with Gasteiger partial charge in [0, 0.05) is 30.8 Å². The van der Waals surface area contributed by atoms with Crippen molar-refractivity contribution >= 4 is 34.7 Å². The number of carbonyl (C=O) groups excluding carboxylic acids is 1. The van der Waals surface area contributed by atoms with E-state index >= 15 is 0 Å². The number of piperidine rings is 1. The van der Waals surface area contributed by atoms with Crippen LogP contribution in [0.25, 0.3) is 11.1 Å². The molecule has 1 amide bonds. The Morgan fingerprint density at radius 1 is 1.17 bits per heavy atom. The first kappa shape index (κ1) is 18.8. The highest BCUT2D eigenvalue weighted by atomic mass is 16.5. The molecule has 0 atom stereocenters. The third kappa shape index (κ3) is 4.48. The number of hydrogen-bond acceptors (Lipinski definition) is 6. The average molecular weight is 395 g/mol. The monoisotopic (exact) mass is 395 g/mol. The second-order valence-corrected chi connectivity index (χ2v) is 6.92. The Balaban J connectivity index is 1.33. The Morgan fingerprint density at radius 2 is 1.97 bits per heavy atom. The molecule has 1 saturated heterocycles. The summed E-state index contributed by atoms with van der Waals surface area (Å²) in [4.78, 5) is 29.8. The molecule has 0 saturated carbocycles. The Morgan fingerprint density at radius 3 is 2.72 bits per heavy atom. The van der Waals surface area contributed by atoms with Crippen LogP contribution in [0, 0.1) is 5.92 Å². The summed E-state index contributed by atoms with van der Waals surface area (Å²) in [5.74, 6) is -0.821. The molecule has 8 nitrogen and oxygen atoms in total. The summed E-state index contributed by atoms with van der Waals surface area (Å²) in [5.41, 5.74) is 2.17. The highest BCUT2D eigenvalue weighted by Crippen LogP contribution is 2.27. The number of aromatic nitrogens is 1. The number of ether oxygens (including phenoxy) is 1. The SMILES string of the molecule is O=C(O)COc1cccc(NC(=O)C2CCN(c3nc4ccccc4o3)CC2)c1. The van der Waals surface area contributed by atoms with Crippen LogP contribution in [0.2, 0.25) is 0 Å². The van der Waals surface area contributed by atoms with Crippen LogP contribution in [0.1, 0.15) is 12.8 Å². The van der Waals surface area contributed by atoms with E-state index in [4.69, 9.17) is 14.3 Å². The predicted molar refractivity (Wildman–Crippen MR) is 107 cm³/mol. The number of amides is 1. The number of carboxylic acids is 1. The van der Waals surface area contributed by atoms with Gasteiger partial charge in [0.25, 0.3) is 6.01 Å². The summed E-state index contributed by atoms with van der Waals surface area (Å²) in [5, 5.41) is 11.6. The zero-order valence-electron chi connectivity index (χ0n) is 15.7. The molecule has 0 aliphatic carbocycles. The minimum absolute atomic E-state index is 0.0578. The van der Waals surface area contributed by atoms with Gasteiger partial charge in [0.1, 0.15) is 11.3 Å². The first-order valence-electron chi connectivity index (χ1n) is 9.44. The van der Waals surface area contributed by atoms with E-state index in [-0.39, 0.29) is 11.8 Å². The van der Waals surface area contributed by atoms with Crippen molar-refractivity contribution < 1.29 is 23.8 Å². The lowest BCUT2D eigenvalue weighted by Crippen LogP contribution is -2.38. The fraction of sp³-hybridized carbons (Fsp3) is 0.286. The molecule has 2 heterocycles. The van der Waals surface area contributed by atoms with Crippen molar-refractivity contribution in [2.24, 2.45) is 5.92 Å². The van der Waals surface area contributed by atoms with Crippen molar-refractivity contribution in [3.63, 3.8) is 0 Å². The van der Waals surface area contributed by atoms with E-state index in [0.29, 0.717) is 43.4 Å². The maximum atomic E-state index is 12.6. The van der Waals surface area contributed by atoms with Crippen LogP contribution in [-0.2, 0) is 9.59 Å². The normalized spacial score (nSPS) is 14.7. The van der Waals surface area contributed by atoms with Crippen molar-refractivity contribution in [1.29, 1.82) is 0 Å². The molecule has 0 spiro atoms. The molecular weight excluding hydrogens is 374 g/mol. The fourth-order valence-corrected chi connectivity index (χ4v) is 3.38. The van der Waals surface area contributed by atoms with Gasteiger partial charge in [0.15, 0.2) is 12.2 Å². The first-order chi connectivity index (χ1) is 14.1. The molecule has 8 heteroatoms. The van der Waals surface area contributed by atoms with Crippen LogP contribution in [0.3, 0.4) is 0 Å². The Kier molecular flexibility index (Phi) is 5.33. The van der Waals surface area contributed by atoms with Gasteiger partial charge in [-0.3, -0.25) is 4.79 Å². The molecule has 2 N–H and O–H groups in total. The summed E-state index contributed by atoms with van der Waals surface area (Å²) in [6.45, 7) is 0.949. The summed E-state index contributed by atoms with van der Waals surface area (Å²) in [7, 11) is 0. The highest BCUT2D eigenvalue weighted by Gasteiger charge is 2.27. The smallest absolute Gasteiger partial charge is 0.341 e. The summed E-state index contributed by atoms with van der Waals surface area (Å²) >= 11 is 0. The predicted octanol–water partition coefficient (Wildman–Crippen LogP) is 3.15. The topological polar surface area (TPSA) is 105 Å². The van der Waals surface area contributed by atoms with Crippen molar-refractivity contribution in [3.8, 4) is 5.75 Å². The largest absolute Gasteiger partial charge is 0.482 e. The maximum absolute atomic E-state index is 12.6. The number of carbonyl (C=O) groups is 2. The number of fused-ring (bicyclic) bond motifs is 1. The first-order valence-corrected chi connectivity index (χ1v) is 9.44. The lowest BCUT2D eigenvalue weighted by Gasteiger charge is -2.30. The molecule has 0 unspecified atom stereocenters. The minimum Gasteiger partial charge on any atom is -0.482 e. The molecule has 150 valence electrons. The Hall–Kier alpha value is -3.55. The van der Waals surface area contributed by atoms with Gasteiger partial charge in [0.05, 0.1) is 0 Å². The van der Waals surface area contributed by atoms with Crippen LogP contribution < -0.4 is 15.0 Å². The van der Waals surface area contributed by atoms with E-state index in [0.717, 1.165) is 11.1 Å². The van der Waals surface area contributed by atoms with Crippen LogP contribution >= 0.6 is 0 Å². The number of para-hydroxylation sites is 2. The number of nitrogens with zero attached hydrogens (tertiary/aromatic N) is 2. The lowest BCUT2D eigenvalue weighted by molar-refractivity contribution is -0.139. The van der Waals surface area contributed by atoms with Crippen LogP contribution in [0.4, 0.5) is 11.7 Å². The lowest BCUT2D eigenvalue weighted by atomic mass is 9.96. The summed E-state index contributed by atoms with van der Waals surface area (Å²) < 4.78 is 11.0. The van der Waals surface area contributed by atoms with Crippen molar-refractivity contribution in [2.45, 2.75) is 12.8 Å². The van der Waals surface area contributed by atoms with Gasteiger partial charge in [-0.25, -0.2) is 4.79 Å². The second kappa shape index (κ2) is 8.22. The van der Waals surface area contributed by atoms with Gasteiger partial charge in [-0.15, -0.1) is 0 Å². The molecule has 1 aromatic heterocycles. The molecule has 4 rings (SSSR count). The minimum atomic E-state index is -1.05. The maximum Gasteiger partial charge on any atom is 0.341 e. The molecular formula is C21H21N3O5.